The van der Waals surface area contributed by atoms with Crippen molar-refractivity contribution in [3.8, 4) is 0 Å². The number of carboxylic acids is 1. The summed E-state index contributed by atoms with van der Waals surface area (Å²) in [6.45, 7) is 3.60. The summed E-state index contributed by atoms with van der Waals surface area (Å²) in [4.78, 5) is 35.5. The molecule has 2 amide bonds. The molecule has 0 radical (unpaired) electrons. The first kappa shape index (κ1) is 18.0. The monoisotopic (exact) mass is 332 g/mol. The number of benzene rings is 1. The molecular weight excluding hydrogens is 308 g/mol. The quantitative estimate of drug-likeness (QED) is 0.772. The van der Waals surface area contributed by atoms with Crippen LogP contribution in [0.5, 0.6) is 0 Å². The predicted octanol–water partition coefficient (Wildman–Crippen LogP) is 3.11. The van der Waals surface area contributed by atoms with Crippen molar-refractivity contribution in [3.63, 3.8) is 0 Å². The van der Waals surface area contributed by atoms with Gasteiger partial charge in [-0.15, -0.1) is 0 Å². The number of anilines is 2. The molecule has 24 heavy (non-hydrogen) atoms. The van der Waals surface area contributed by atoms with Gasteiger partial charge in [0, 0.05) is 17.3 Å². The van der Waals surface area contributed by atoms with E-state index in [-0.39, 0.29) is 17.7 Å². The van der Waals surface area contributed by atoms with Crippen LogP contribution >= 0.6 is 0 Å². The minimum absolute atomic E-state index is 0.100. The third kappa shape index (κ3) is 4.57. The molecule has 2 rings (SSSR count). The van der Waals surface area contributed by atoms with Crippen LogP contribution in [0.3, 0.4) is 0 Å². The Morgan fingerprint density at radius 2 is 1.62 bits per heavy atom. The van der Waals surface area contributed by atoms with E-state index in [0.717, 1.165) is 12.8 Å². The molecule has 0 spiro atoms. The van der Waals surface area contributed by atoms with Crippen molar-refractivity contribution in [3.05, 3.63) is 24.3 Å². The zero-order valence-electron chi connectivity index (χ0n) is 14.0. The van der Waals surface area contributed by atoms with Crippen molar-refractivity contribution < 1.29 is 19.5 Å². The van der Waals surface area contributed by atoms with Gasteiger partial charge in [0.1, 0.15) is 0 Å². The average Bonchev–Trinajstić information content (AvgIpc) is 2.55. The second-order valence-electron chi connectivity index (χ2n) is 6.55. The lowest BCUT2D eigenvalue weighted by atomic mass is 9.78. The third-order valence-electron chi connectivity index (χ3n) is 4.34. The van der Waals surface area contributed by atoms with E-state index in [1.54, 1.807) is 38.1 Å². The molecule has 130 valence electrons. The van der Waals surface area contributed by atoms with E-state index >= 15 is 0 Å². The number of carbonyl (C=O) groups excluding carboxylic acids is 2. The van der Waals surface area contributed by atoms with Gasteiger partial charge in [-0.1, -0.05) is 32.8 Å². The highest BCUT2D eigenvalue weighted by atomic mass is 16.4. The number of rotatable bonds is 5. The molecule has 2 atom stereocenters. The van der Waals surface area contributed by atoms with E-state index < -0.39 is 17.8 Å². The van der Waals surface area contributed by atoms with Gasteiger partial charge < -0.3 is 15.7 Å². The smallest absolute Gasteiger partial charge is 0.307 e. The minimum Gasteiger partial charge on any atom is -0.481 e. The Morgan fingerprint density at radius 3 is 2.21 bits per heavy atom. The van der Waals surface area contributed by atoms with Crippen molar-refractivity contribution in [2.45, 2.75) is 39.5 Å². The van der Waals surface area contributed by atoms with Crippen LogP contribution in [-0.2, 0) is 14.4 Å². The van der Waals surface area contributed by atoms with Crippen LogP contribution in [0.1, 0.15) is 39.5 Å². The second-order valence-corrected chi connectivity index (χ2v) is 6.55. The van der Waals surface area contributed by atoms with E-state index in [0.29, 0.717) is 24.2 Å². The van der Waals surface area contributed by atoms with Crippen molar-refractivity contribution >= 4 is 29.2 Å². The van der Waals surface area contributed by atoms with Crippen LogP contribution in [-0.4, -0.2) is 22.9 Å². The molecule has 0 saturated heterocycles. The Balaban J connectivity index is 2.05. The molecule has 6 heteroatoms. The van der Waals surface area contributed by atoms with E-state index in [2.05, 4.69) is 10.6 Å². The number of carbonyl (C=O) groups is 3. The molecule has 3 N–H and O–H groups in total. The molecule has 0 heterocycles. The Labute approximate surface area is 141 Å². The van der Waals surface area contributed by atoms with Gasteiger partial charge in [-0.2, -0.15) is 0 Å². The van der Waals surface area contributed by atoms with Crippen LogP contribution < -0.4 is 10.6 Å². The maximum atomic E-state index is 12.5. The molecule has 1 fully saturated rings. The summed E-state index contributed by atoms with van der Waals surface area (Å²) in [5, 5.41) is 14.9. The molecule has 0 aromatic heterocycles. The van der Waals surface area contributed by atoms with E-state index in [4.69, 9.17) is 0 Å². The van der Waals surface area contributed by atoms with Gasteiger partial charge in [0.05, 0.1) is 11.8 Å². The fourth-order valence-corrected chi connectivity index (χ4v) is 2.94. The lowest BCUT2D eigenvalue weighted by Crippen LogP contribution is -2.36. The third-order valence-corrected chi connectivity index (χ3v) is 4.34. The minimum atomic E-state index is -0.909. The van der Waals surface area contributed by atoms with Gasteiger partial charge in [-0.3, -0.25) is 14.4 Å². The summed E-state index contributed by atoms with van der Waals surface area (Å²) in [5.74, 6) is -2.55. The molecule has 1 aliphatic rings. The largest absolute Gasteiger partial charge is 0.481 e. The van der Waals surface area contributed by atoms with Gasteiger partial charge in [-0.25, -0.2) is 0 Å². The van der Waals surface area contributed by atoms with E-state index in [9.17, 15) is 19.5 Å². The van der Waals surface area contributed by atoms with Crippen molar-refractivity contribution in [1.29, 1.82) is 0 Å². The highest BCUT2D eigenvalue weighted by Gasteiger charge is 2.35. The van der Waals surface area contributed by atoms with Crippen molar-refractivity contribution in [2.24, 2.45) is 17.8 Å². The normalized spacial score (nSPS) is 20.5. The fourth-order valence-electron chi connectivity index (χ4n) is 2.94. The van der Waals surface area contributed by atoms with Crippen LogP contribution in [0.25, 0.3) is 0 Å². The number of hydrogen-bond donors (Lipinski definition) is 3. The molecule has 1 aliphatic carbocycles. The maximum absolute atomic E-state index is 12.5. The average molecular weight is 332 g/mol. The highest BCUT2D eigenvalue weighted by Crippen LogP contribution is 2.31. The topological polar surface area (TPSA) is 95.5 Å². The molecular formula is C18H24N2O4. The summed E-state index contributed by atoms with van der Waals surface area (Å²) >= 11 is 0. The van der Waals surface area contributed by atoms with Crippen molar-refractivity contribution in [1.82, 2.24) is 0 Å². The Hall–Kier alpha value is -2.37. The van der Waals surface area contributed by atoms with Crippen LogP contribution in [0.4, 0.5) is 11.4 Å². The molecule has 0 unspecified atom stereocenters. The first-order valence-corrected chi connectivity index (χ1v) is 8.33. The summed E-state index contributed by atoms with van der Waals surface area (Å²) in [6, 6.07) is 6.88. The molecule has 0 aliphatic heterocycles. The molecule has 1 aromatic rings. The SMILES string of the molecule is CC(C)C(=O)Nc1cccc(NC(=O)[C@@H]2CCCC[C@@H]2C(=O)O)c1. The number of nitrogens with one attached hydrogen (secondary N) is 2. The Bertz CT molecular complexity index is 627. The van der Waals surface area contributed by atoms with Crippen molar-refractivity contribution in [2.75, 3.05) is 10.6 Å². The van der Waals surface area contributed by atoms with Gasteiger partial charge in [0.25, 0.3) is 0 Å². The van der Waals surface area contributed by atoms with Gasteiger partial charge in [-0.05, 0) is 31.0 Å². The van der Waals surface area contributed by atoms with Crippen LogP contribution in [0, 0.1) is 17.8 Å². The number of aliphatic carboxylic acids is 1. The highest BCUT2D eigenvalue weighted by molar-refractivity contribution is 5.97. The Kier molecular flexibility index (Phi) is 5.95. The maximum Gasteiger partial charge on any atom is 0.307 e. The number of hydrogen-bond acceptors (Lipinski definition) is 3. The molecule has 6 nitrogen and oxygen atoms in total. The van der Waals surface area contributed by atoms with Gasteiger partial charge in [0.15, 0.2) is 0 Å². The molecule has 0 bridgehead atoms. The zero-order chi connectivity index (χ0) is 17.7. The first-order valence-electron chi connectivity index (χ1n) is 8.33. The second kappa shape index (κ2) is 7.95. The standard InChI is InChI=1S/C18H24N2O4/c1-11(2)16(21)19-12-6-5-7-13(10-12)20-17(22)14-8-3-4-9-15(14)18(23)24/h5-7,10-11,14-15H,3-4,8-9H2,1-2H3,(H,19,21)(H,20,22)(H,23,24)/t14-,15+/m1/s1. The summed E-state index contributed by atoms with van der Waals surface area (Å²) in [7, 11) is 0. The number of amides is 2. The summed E-state index contributed by atoms with van der Waals surface area (Å²) in [5.41, 5.74) is 1.15. The molecule has 1 saturated carbocycles. The number of carboxylic acid groups (broad SMARTS) is 1. The van der Waals surface area contributed by atoms with E-state index in [1.165, 1.54) is 0 Å². The van der Waals surface area contributed by atoms with E-state index in [1.807, 2.05) is 0 Å². The van der Waals surface area contributed by atoms with Gasteiger partial charge >= 0.3 is 5.97 Å². The first-order chi connectivity index (χ1) is 11.4. The summed E-state index contributed by atoms with van der Waals surface area (Å²) < 4.78 is 0. The fraction of sp³-hybridized carbons (Fsp3) is 0.500. The Morgan fingerprint density at radius 1 is 1.04 bits per heavy atom. The van der Waals surface area contributed by atoms with Crippen LogP contribution in [0.2, 0.25) is 0 Å². The predicted molar refractivity (Wildman–Crippen MR) is 91.6 cm³/mol. The lowest BCUT2D eigenvalue weighted by molar-refractivity contribution is -0.147. The van der Waals surface area contributed by atoms with Gasteiger partial charge in [0.2, 0.25) is 11.8 Å². The zero-order valence-corrected chi connectivity index (χ0v) is 14.0. The lowest BCUT2D eigenvalue weighted by Gasteiger charge is -2.27. The molecule has 1 aromatic carbocycles. The van der Waals surface area contributed by atoms with Crippen LogP contribution in [0.15, 0.2) is 24.3 Å². The summed E-state index contributed by atoms with van der Waals surface area (Å²) in [6.07, 6.45) is 2.84.